The Morgan fingerprint density at radius 1 is 1.29 bits per heavy atom. The molecule has 2 atom stereocenters. The number of nitrogens with zero attached hydrogens (tertiary/aromatic N) is 1. The Labute approximate surface area is 126 Å². The Kier molecular flexibility index (Phi) is 5.73. The summed E-state index contributed by atoms with van der Waals surface area (Å²) in [4.78, 5) is 14.3. The van der Waals surface area contributed by atoms with Crippen molar-refractivity contribution in [2.75, 3.05) is 25.0 Å². The minimum atomic E-state index is 0.0438. The molecule has 116 valence electrons. The molecule has 0 aromatic heterocycles. The predicted molar refractivity (Wildman–Crippen MR) is 84.0 cm³/mol. The molecule has 1 saturated heterocycles. The number of anilines is 1. The summed E-state index contributed by atoms with van der Waals surface area (Å²) in [7, 11) is 0. The van der Waals surface area contributed by atoms with Crippen molar-refractivity contribution in [2.24, 2.45) is 5.73 Å². The fourth-order valence-corrected chi connectivity index (χ4v) is 2.67. The zero-order valence-electron chi connectivity index (χ0n) is 12.8. The average Bonchev–Trinajstić information content (AvgIpc) is 2.45. The zero-order chi connectivity index (χ0) is 15.2. The highest BCUT2D eigenvalue weighted by Gasteiger charge is 2.22. The largest absolute Gasteiger partial charge is 0.373 e. The van der Waals surface area contributed by atoms with Gasteiger partial charge in [0.15, 0.2) is 0 Å². The molecule has 2 rings (SSSR count). The second-order valence-corrected chi connectivity index (χ2v) is 5.72. The van der Waals surface area contributed by atoms with Gasteiger partial charge in [-0.15, -0.1) is 0 Å². The molecule has 1 aliphatic rings. The molecule has 2 unspecified atom stereocenters. The number of carbonyl (C=O) groups is 1. The zero-order valence-corrected chi connectivity index (χ0v) is 12.8. The van der Waals surface area contributed by atoms with Crippen molar-refractivity contribution in [3.8, 4) is 0 Å². The van der Waals surface area contributed by atoms with E-state index in [9.17, 15) is 4.79 Å². The summed E-state index contributed by atoms with van der Waals surface area (Å²) in [5.41, 5.74) is 7.43. The van der Waals surface area contributed by atoms with Crippen LogP contribution in [0.5, 0.6) is 0 Å². The lowest BCUT2D eigenvalue weighted by atomic mass is 10.2. The number of amides is 1. The van der Waals surface area contributed by atoms with E-state index in [1.807, 2.05) is 24.3 Å². The number of rotatable bonds is 5. The maximum absolute atomic E-state index is 12.0. The lowest BCUT2D eigenvalue weighted by Crippen LogP contribution is -2.46. The topological polar surface area (TPSA) is 67.6 Å². The number of carbonyl (C=O) groups excluding carboxylic acids is 1. The molecule has 5 nitrogen and oxygen atoms in total. The van der Waals surface area contributed by atoms with Gasteiger partial charge >= 0.3 is 0 Å². The van der Waals surface area contributed by atoms with Crippen LogP contribution in [0.3, 0.4) is 0 Å². The summed E-state index contributed by atoms with van der Waals surface area (Å²) in [5.74, 6) is 0.0438. The van der Waals surface area contributed by atoms with Gasteiger partial charge in [-0.25, -0.2) is 0 Å². The standard InChI is InChI=1S/C16H25N3O2/c1-12-10-19(11-13(2)21-12)8-7-16(20)18-15-5-3-14(9-17)4-6-15/h3-6,12-13H,7-11,17H2,1-2H3,(H,18,20). The molecular formula is C16H25N3O2. The molecule has 0 saturated carbocycles. The molecule has 1 fully saturated rings. The highest BCUT2D eigenvalue weighted by atomic mass is 16.5. The molecule has 3 N–H and O–H groups in total. The lowest BCUT2D eigenvalue weighted by Gasteiger charge is -2.35. The van der Waals surface area contributed by atoms with Gasteiger partial charge in [0.05, 0.1) is 12.2 Å². The van der Waals surface area contributed by atoms with Gasteiger partial charge in [-0.05, 0) is 31.5 Å². The molecule has 0 radical (unpaired) electrons. The van der Waals surface area contributed by atoms with E-state index in [1.165, 1.54) is 0 Å². The number of nitrogens with two attached hydrogens (primary N) is 1. The number of hydrogen-bond donors (Lipinski definition) is 2. The summed E-state index contributed by atoms with van der Waals surface area (Å²) < 4.78 is 5.69. The smallest absolute Gasteiger partial charge is 0.225 e. The Hall–Kier alpha value is -1.43. The molecule has 1 heterocycles. The van der Waals surface area contributed by atoms with Crippen LogP contribution in [0, 0.1) is 0 Å². The van der Waals surface area contributed by atoms with E-state index in [1.54, 1.807) is 0 Å². The van der Waals surface area contributed by atoms with E-state index in [0.29, 0.717) is 13.0 Å². The fraction of sp³-hybridized carbons (Fsp3) is 0.562. The average molecular weight is 291 g/mol. The quantitative estimate of drug-likeness (QED) is 0.864. The van der Waals surface area contributed by atoms with Crippen molar-refractivity contribution in [1.29, 1.82) is 0 Å². The van der Waals surface area contributed by atoms with Crippen molar-refractivity contribution >= 4 is 11.6 Å². The van der Waals surface area contributed by atoms with E-state index < -0.39 is 0 Å². The molecule has 5 heteroatoms. The van der Waals surface area contributed by atoms with Crippen LogP contribution in [0.4, 0.5) is 5.69 Å². The first kappa shape index (κ1) is 15.9. The Bertz CT molecular complexity index is 451. The van der Waals surface area contributed by atoms with E-state index in [4.69, 9.17) is 10.5 Å². The van der Waals surface area contributed by atoms with Crippen molar-refractivity contribution in [2.45, 2.75) is 39.0 Å². The summed E-state index contributed by atoms with van der Waals surface area (Å²) >= 11 is 0. The van der Waals surface area contributed by atoms with Gasteiger partial charge in [0.1, 0.15) is 0 Å². The van der Waals surface area contributed by atoms with Crippen LogP contribution in [0.2, 0.25) is 0 Å². The van der Waals surface area contributed by atoms with Crippen molar-refractivity contribution in [3.63, 3.8) is 0 Å². The Morgan fingerprint density at radius 3 is 2.48 bits per heavy atom. The van der Waals surface area contributed by atoms with Crippen LogP contribution < -0.4 is 11.1 Å². The second-order valence-electron chi connectivity index (χ2n) is 5.72. The first-order chi connectivity index (χ1) is 10.1. The van der Waals surface area contributed by atoms with Crippen LogP contribution >= 0.6 is 0 Å². The first-order valence-electron chi connectivity index (χ1n) is 7.53. The van der Waals surface area contributed by atoms with Crippen molar-refractivity contribution in [1.82, 2.24) is 4.90 Å². The number of morpholine rings is 1. The van der Waals surface area contributed by atoms with Crippen molar-refractivity contribution in [3.05, 3.63) is 29.8 Å². The molecule has 1 aliphatic heterocycles. The third-order valence-corrected chi connectivity index (χ3v) is 3.62. The number of nitrogens with one attached hydrogen (secondary N) is 1. The number of ether oxygens (including phenoxy) is 1. The molecule has 21 heavy (non-hydrogen) atoms. The van der Waals surface area contributed by atoms with Crippen LogP contribution in [0.15, 0.2) is 24.3 Å². The van der Waals surface area contributed by atoms with Crippen LogP contribution in [-0.4, -0.2) is 42.6 Å². The second kappa shape index (κ2) is 7.54. The molecule has 1 amide bonds. The van der Waals surface area contributed by atoms with E-state index in [2.05, 4.69) is 24.1 Å². The van der Waals surface area contributed by atoms with Crippen LogP contribution in [0.1, 0.15) is 25.8 Å². The molecule has 0 aliphatic carbocycles. The van der Waals surface area contributed by atoms with Gasteiger partial charge in [0.2, 0.25) is 5.91 Å². The first-order valence-corrected chi connectivity index (χ1v) is 7.53. The number of benzene rings is 1. The molecule has 0 bridgehead atoms. The van der Waals surface area contributed by atoms with Crippen LogP contribution in [0.25, 0.3) is 0 Å². The highest BCUT2D eigenvalue weighted by molar-refractivity contribution is 5.90. The third kappa shape index (κ3) is 5.12. The SMILES string of the molecule is CC1CN(CCC(=O)Nc2ccc(CN)cc2)CC(C)O1. The maximum Gasteiger partial charge on any atom is 0.225 e. The lowest BCUT2D eigenvalue weighted by molar-refractivity contribution is -0.117. The summed E-state index contributed by atoms with van der Waals surface area (Å²) in [6, 6.07) is 7.64. The molecule has 1 aromatic rings. The van der Waals surface area contributed by atoms with Crippen molar-refractivity contribution < 1.29 is 9.53 Å². The van der Waals surface area contributed by atoms with E-state index in [0.717, 1.165) is 30.9 Å². The van der Waals surface area contributed by atoms with Gasteiger partial charge < -0.3 is 15.8 Å². The summed E-state index contributed by atoms with van der Waals surface area (Å²) in [5, 5.41) is 2.92. The summed E-state index contributed by atoms with van der Waals surface area (Å²) in [6.45, 7) is 7.21. The van der Waals surface area contributed by atoms with Gasteiger partial charge in [-0.1, -0.05) is 12.1 Å². The third-order valence-electron chi connectivity index (χ3n) is 3.62. The van der Waals surface area contributed by atoms with Crippen LogP contribution in [-0.2, 0) is 16.1 Å². The fourth-order valence-electron chi connectivity index (χ4n) is 2.67. The normalized spacial score (nSPS) is 23.0. The summed E-state index contributed by atoms with van der Waals surface area (Å²) in [6.07, 6.45) is 0.971. The van der Waals surface area contributed by atoms with Gasteiger partial charge in [0.25, 0.3) is 0 Å². The van der Waals surface area contributed by atoms with E-state index >= 15 is 0 Å². The van der Waals surface area contributed by atoms with Gasteiger partial charge in [-0.3, -0.25) is 9.69 Å². The minimum absolute atomic E-state index is 0.0438. The molecule has 1 aromatic carbocycles. The van der Waals surface area contributed by atoms with Gasteiger partial charge in [0, 0.05) is 38.3 Å². The molecular weight excluding hydrogens is 266 g/mol. The Balaban J connectivity index is 1.76. The number of hydrogen-bond acceptors (Lipinski definition) is 4. The molecule has 0 spiro atoms. The Morgan fingerprint density at radius 2 is 1.90 bits per heavy atom. The monoisotopic (exact) mass is 291 g/mol. The predicted octanol–water partition coefficient (Wildman–Crippen LogP) is 1.58. The van der Waals surface area contributed by atoms with E-state index in [-0.39, 0.29) is 18.1 Å². The maximum atomic E-state index is 12.0. The highest BCUT2D eigenvalue weighted by Crippen LogP contribution is 2.12. The van der Waals surface area contributed by atoms with Gasteiger partial charge in [-0.2, -0.15) is 0 Å². The minimum Gasteiger partial charge on any atom is -0.373 e.